The topological polar surface area (TPSA) is 63.6 Å². The summed E-state index contributed by atoms with van der Waals surface area (Å²) in [5.41, 5.74) is -5.68. The summed E-state index contributed by atoms with van der Waals surface area (Å²) < 4.78 is 84.2. The molecule has 0 radical (unpaired) electrons. The molecule has 4 rings (SSSR count). The molecule has 0 spiro atoms. The monoisotopic (exact) mass is 388 g/mol. The Morgan fingerprint density at radius 3 is 1.96 bits per heavy atom. The Morgan fingerprint density at radius 2 is 1.54 bits per heavy atom. The van der Waals surface area contributed by atoms with Gasteiger partial charge in [-0.2, -0.15) is 26.3 Å². The summed E-state index contributed by atoms with van der Waals surface area (Å²) in [5.74, 6) is -2.79. The highest BCUT2D eigenvalue weighted by Crippen LogP contribution is 2.59. The lowest BCUT2D eigenvalue weighted by Gasteiger charge is -2.56. The van der Waals surface area contributed by atoms with E-state index in [1.165, 1.54) is 0 Å². The Bertz CT molecular complexity index is 579. The zero-order valence-corrected chi connectivity index (χ0v) is 13.6. The molecule has 148 valence electrons. The number of rotatable bonds is 5. The second kappa shape index (κ2) is 5.84. The molecule has 2 atom stereocenters. The fourth-order valence-electron chi connectivity index (χ4n) is 5.15. The first kappa shape index (κ1) is 19.4. The number of carbonyl (C=O) groups is 2. The summed E-state index contributed by atoms with van der Waals surface area (Å²) in [4.78, 5) is 22.9. The lowest BCUT2D eigenvalue weighted by Crippen LogP contribution is -2.62. The maximum absolute atomic E-state index is 13.3. The van der Waals surface area contributed by atoms with Gasteiger partial charge in [-0.25, -0.2) is 0 Å². The van der Waals surface area contributed by atoms with Crippen LogP contribution in [0, 0.1) is 23.2 Å². The van der Waals surface area contributed by atoms with E-state index < -0.39 is 42.4 Å². The molecule has 4 aliphatic rings. The highest BCUT2D eigenvalue weighted by atomic mass is 19.4. The molecular weight excluding hydrogens is 370 g/mol. The van der Waals surface area contributed by atoms with Gasteiger partial charge in [0.15, 0.2) is 0 Å². The van der Waals surface area contributed by atoms with Gasteiger partial charge in [0.05, 0.1) is 13.0 Å². The fourth-order valence-corrected chi connectivity index (χ4v) is 5.15. The van der Waals surface area contributed by atoms with Crippen LogP contribution in [0.25, 0.3) is 0 Å². The number of Topliss-reactive ketones (excluding diaryl/α,β-unsaturated/α-hetero) is 1. The number of carboxylic acid groups (broad SMARTS) is 1. The molecule has 0 saturated heterocycles. The van der Waals surface area contributed by atoms with Crippen LogP contribution in [0.1, 0.15) is 38.5 Å². The quantitative estimate of drug-likeness (QED) is 0.729. The van der Waals surface area contributed by atoms with Crippen LogP contribution in [0.3, 0.4) is 0 Å². The molecular formula is C16H18F6O4. The minimum atomic E-state index is -5.93. The maximum atomic E-state index is 13.3. The van der Waals surface area contributed by atoms with Crippen molar-refractivity contribution in [1.82, 2.24) is 0 Å². The van der Waals surface area contributed by atoms with E-state index >= 15 is 0 Å². The van der Waals surface area contributed by atoms with Crippen LogP contribution in [0.4, 0.5) is 26.3 Å². The second-order valence-corrected chi connectivity index (χ2v) is 7.93. The van der Waals surface area contributed by atoms with Crippen molar-refractivity contribution in [3.8, 4) is 0 Å². The number of alkyl halides is 6. The SMILES string of the molecule is O=C(O)CC(OCC12CC3CC(C1)C(=O)C(C3)C2)(C(F)(F)F)C(F)(F)F. The van der Waals surface area contributed by atoms with Gasteiger partial charge in [0.25, 0.3) is 5.60 Å². The number of halogens is 6. The molecule has 4 aliphatic carbocycles. The van der Waals surface area contributed by atoms with Crippen LogP contribution in [0.15, 0.2) is 0 Å². The van der Waals surface area contributed by atoms with Gasteiger partial charge in [0.1, 0.15) is 5.78 Å². The highest BCUT2D eigenvalue weighted by molar-refractivity contribution is 5.85. The lowest BCUT2D eigenvalue weighted by molar-refractivity contribution is -0.386. The molecule has 10 heteroatoms. The second-order valence-electron chi connectivity index (χ2n) is 7.93. The van der Waals surface area contributed by atoms with E-state index in [-0.39, 0.29) is 36.4 Å². The predicted octanol–water partition coefficient (Wildman–Crippen LogP) is 3.74. The molecule has 26 heavy (non-hydrogen) atoms. The molecule has 0 heterocycles. The Balaban J connectivity index is 1.87. The van der Waals surface area contributed by atoms with Gasteiger partial charge in [-0.1, -0.05) is 0 Å². The molecule has 0 amide bonds. The van der Waals surface area contributed by atoms with E-state index in [2.05, 4.69) is 4.74 Å². The smallest absolute Gasteiger partial charge is 0.427 e. The zero-order valence-electron chi connectivity index (χ0n) is 13.6. The van der Waals surface area contributed by atoms with Crippen molar-refractivity contribution in [1.29, 1.82) is 0 Å². The van der Waals surface area contributed by atoms with Crippen LogP contribution in [0.2, 0.25) is 0 Å². The van der Waals surface area contributed by atoms with Crippen molar-refractivity contribution in [2.45, 2.75) is 56.5 Å². The predicted molar refractivity (Wildman–Crippen MR) is 74.0 cm³/mol. The van der Waals surface area contributed by atoms with Crippen LogP contribution in [-0.2, 0) is 14.3 Å². The molecule has 4 nitrogen and oxygen atoms in total. The van der Waals surface area contributed by atoms with Crippen molar-refractivity contribution >= 4 is 11.8 Å². The fraction of sp³-hybridized carbons (Fsp3) is 0.875. The molecule has 0 aromatic heterocycles. The van der Waals surface area contributed by atoms with E-state index in [4.69, 9.17) is 5.11 Å². The number of aliphatic carboxylic acids is 1. The molecule has 2 unspecified atom stereocenters. The van der Waals surface area contributed by atoms with Gasteiger partial charge in [0, 0.05) is 11.8 Å². The first-order valence-electron chi connectivity index (χ1n) is 8.31. The van der Waals surface area contributed by atoms with Gasteiger partial charge in [-0.15, -0.1) is 0 Å². The van der Waals surface area contributed by atoms with Gasteiger partial charge in [-0.05, 0) is 43.4 Å². The third-order valence-corrected chi connectivity index (χ3v) is 6.06. The molecule has 4 bridgehead atoms. The summed E-state index contributed by atoms with van der Waals surface area (Å²) in [6, 6.07) is 0. The van der Waals surface area contributed by atoms with E-state index in [0.29, 0.717) is 19.3 Å². The summed E-state index contributed by atoms with van der Waals surface area (Å²) >= 11 is 0. The third-order valence-electron chi connectivity index (χ3n) is 6.06. The molecule has 0 aromatic rings. The summed E-state index contributed by atoms with van der Waals surface area (Å²) in [6.07, 6.45) is -12.0. The molecule has 0 aliphatic heterocycles. The number of ketones is 1. The largest absolute Gasteiger partial charge is 0.481 e. The van der Waals surface area contributed by atoms with E-state index in [0.717, 1.165) is 0 Å². The molecule has 1 N–H and O–H groups in total. The van der Waals surface area contributed by atoms with Crippen LogP contribution >= 0.6 is 0 Å². The average molecular weight is 388 g/mol. The van der Waals surface area contributed by atoms with Gasteiger partial charge in [0.2, 0.25) is 0 Å². The maximum Gasteiger partial charge on any atom is 0.427 e. The van der Waals surface area contributed by atoms with Crippen molar-refractivity contribution < 1.29 is 45.8 Å². The summed E-state index contributed by atoms with van der Waals surface area (Å²) in [7, 11) is 0. The number of hydrogen-bond donors (Lipinski definition) is 1. The number of hydrogen-bond acceptors (Lipinski definition) is 3. The van der Waals surface area contributed by atoms with Gasteiger partial charge in [-0.3, -0.25) is 9.59 Å². The van der Waals surface area contributed by atoms with Crippen molar-refractivity contribution in [3.63, 3.8) is 0 Å². The van der Waals surface area contributed by atoms with Crippen molar-refractivity contribution in [2.75, 3.05) is 6.61 Å². The summed E-state index contributed by atoms with van der Waals surface area (Å²) in [6.45, 7) is -0.851. The minimum absolute atomic E-state index is 0.0417. The lowest BCUT2D eigenvalue weighted by atomic mass is 9.49. The minimum Gasteiger partial charge on any atom is -0.481 e. The van der Waals surface area contributed by atoms with Gasteiger partial charge < -0.3 is 9.84 Å². The molecule has 4 fully saturated rings. The number of carboxylic acids is 1. The number of ether oxygens (including phenoxy) is 1. The van der Waals surface area contributed by atoms with Crippen molar-refractivity contribution in [2.24, 2.45) is 23.2 Å². The summed E-state index contributed by atoms with van der Waals surface area (Å²) in [5, 5.41) is 8.65. The first-order chi connectivity index (χ1) is 11.8. The van der Waals surface area contributed by atoms with E-state index in [9.17, 15) is 35.9 Å². The Hall–Kier alpha value is -1.32. The Morgan fingerprint density at radius 1 is 1.04 bits per heavy atom. The van der Waals surface area contributed by atoms with Gasteiger partial charge >= 0.3 is 18.3 Å². The number of carbonyl (C=O) groups excluding carboxylic acids is 1. The third kappa shape index (κ3) is 2.99. The zero-order chi connectivity index (χ0) is 19.5. The average Bonchev–Trinajstić information content (AvgIpc) is 2.45. The Labute approximate surface area is 144 Å². The molecule has 0 aromatic carbocycles. The van der Waals surface area contributed by atoms with Crippen LogP contribution < -0.4 is 0 Å². The normalized spacial score (nSPS) is 34.4. The van der Waals surface area contributed by atoms with Crippen molar-refractivity contribution in [3.05, 3.63) is 0 Å². The van der Waals surface area contributed by atoms with E-state index in [1.807, 2.05) is 0 Å². The van der Waals surface area contributed by atoms with Crippen LogP contribution in [-0.4, -0.2) is 41.4 Å². The van der Waals surface area contributed by atoms with E-state index in [1.54, 1.807) is 0 Å². The van der Waals surface area contributed by atoms with Crippen LogP contribution in [0.5, 0.6) is 0 Å². The molecule has 4 saturated carbocycles. The first-order valence-corrected chi connectivity index (χ1v) is 8.31. The Kier molecular flexibility index (Phi) is 4.36. The standard InChI is InChI=1S/C16H18F6O4/c17-15(18,19)14(6-11(23)24,16(20,21)22)26-7-13-3-8-1-9(4-13)12(25)10(2-8)5-13/h8-10H,1-7H2,(H,23,24). The highest BCUT2D eigenvalue weighted by Gasteiger charge is 2.73.